The standard InChI is InChI=1S/C30H29F3N4O2/c1-29(2,3)21-5-4-6-22(15-21)36-28(38)19-8-7-18-9-10-23(14-20(18)13-19)39-24-11-12-34-25(16-24)27-35-17-26(37-27)30(31,32)33/h4-6,9-12,14-17,19H,7-8,13H2,1-3H3,(H,35,37)(H,36,38). The molecule has 1 aliphatic rings. The summed E-state index contributed by atoms with van der Waals surface area (Å²) in [5.74, 6) is 0.808. The molecule has 5 rings (SSSR count). The molecule has 2 heterocycles. The Balaban J connectivity index is 1.28. The van der Waals surface area contributed by atoms with E-state index in [2.05, 4.69) is 47.1 Å². The summed E-state index contributed by atoms with van der Waals surface area (Å²) >= 11 is 0. The number of carbonyl (C=O) groups is 1. The van der Waals surface area contributed by atoms with Gasteiger partial charge in [-0.1, -0.05) is 39.0 Å². The summed E-state index contributed by atoms with van der Waals surface area (Å²) in [6, 6.07) is 16.9. The smallest absolute Gasteiger partial charge is 0.432 e. The number of carbonyl (C=O) groups excluding carboxylic acids is 1. The van der Waals surface area contributed by atoms with Gasteiger partial charge in [0.05, 0.1) is 6.20 Å². The molecule has 39 heavy (non-hydrogen) atoms. The minimum atomic E-state index is -4.52. The third kappa shape index (κ3) is 6.13. The minimum Gasteiger partial charge on any atom is -0.457 e. The molecule has 4 aromatic rings. The Bertz CT molecular complexity index is 1500. The number of hydrogen-bond acceptors (Lipinski definition) is 4. The second kappa shape index (κ2) is 10.2. The van der Waals surface area contributed by atoms with Gasteiger partial charge in [-0.05, 0) is 71.7 Å². The Morgan fingerprint density at radius 2 is 1.79 bits per heavy atom. The molecule has 1 unspecified atom stereocenters. The topological polar surface area (TPSA) is 79.9 Å². The Hall–Kier alpha value is -4.14. The van der Waals surface area contributed by atoms with Crippen LogP contribution in [0.4, 0.5) is 18.9 Å². The molecule has 0 bridgehead atoms. The van der Waals surface area contributed by atoms with Crippen LogP contribution < -0.4 is 10.1 Å². The van der Waals surface area contributed by atoms with E-state index in [9.17, 15) is 18.0 Å². The van der Waals surface area contributed by atoms with E-state index in [0.29, 0.717) is 17.9 Å². The number of H-pyrrole nitrogens is 1. The fraction of sp³-hybridized carbons (Fsp3) is 0.300. The molecular formula is C30H29F3N4O2. The average Bonchev–Trinajstić information content (AvgIpc) is 3.40. The average molecular weight is 535 g/mol. The number of imidazole rings is 1. The van der Waals surface area contributed by atoms with Crippen molar-refractivity contribution in [1.29, 1.82) is 0 Å². The summed E-state index contributed by atoms with van der Waals surface area (Å²) in [5.41, 5.74) is 3.43. The molecule has 9 heteroatoms. The number of anilines is 1. The van der Waals surface area contributed by atoms with Crippen molar-refractivity contribution in [1.82, 2.24) is 15.0 Å². The van der Waals surface area contributed by atoms with Crippen molar-refractivity contribution in [2.75, 3.05) is 5.32 Å². The summed E-state index contributed by atoms with van der Waals surface area (Å²) in [5, 5.41) is 3.09. The monoisotopic (exact) mass is 534 g/mol. The first-order chi connectivity index (χ1) is 18.5. The van der Waals surface area contributed by atoms with Gasteiger partial charge in [-0.25, -0.2) is 4.98 Å². The van der Waals surface area contributed by atoms with Crippen LogP contribution >= 0.6 is 0 Å². The predicted molar refractivity (Wildman–Crippen MR) is 143 cm³/mol. The van der Waals surface area contributed by atoms with Crippen LogP contribution in [0.25, 0.3) is 11.5 Å². The van der Waals surface area contributed by atoms with Gasteiger partial charge in [-0.15, -0.1) is 0 Å². The molecule has 2 aromatic carbocycles. The van der Waals surface area contributed by atoms with Crippen LogP contribution in [-0.2, 0) is 29.2 Å². The molecule has 0 aliphatic heterocycles. The Morgan fingerprint density at radius 3 is 2.54 bits per heavy atom. The second-order valence-electron chi connectivity index (χ2n) is 10.8. The first-order valence-electron chi connectivity index (χ1n) is 12.8. The first kappa shape index (κ1) is 26.5. The molecule has 0 spiro atoms. The van der Waals surface area contributed by atoms with Crippen molar-refractivity contribution in [2.45, 2.75) is 51.6 Å². The lowest BCUT2D eigenvalue weighted by molar-refractivity contribution is -0.140. The number of pyridine rings is 1. The number of amides is 1. The van der Waals surface area contributed by atoms with Gasteiger partial charge in [0.2, 0.25) is 5.91 Å². The third-order valence-corrected chi connectivity index (χ3v) is 6.86. The number of halogens is 3. The molecule has 6 nitrogen and oxygen atoms in total. The normalized spacial score (nSPS) is 15.5. The maximum atomic E-state index is 13.1. The van der Waals surface area contributed by atoms with Crippen LogP contribution in [0.15, 0.2) is 67.0 Å². The highest BCUT2D eigenvalue weighted by Gasteiger charge is 2.33. The number of aromatic nitrogens is 3. The van der Waals surface area contributed by atoms with Gasteiger partial charge >= 0.3 is 6.18 Å². The minimum absolute atomic E-state index is 0.0000991. The van der Waals surface area contributed by atoms with E-state index in [1.165, 1.54) is 17.8 Å². The Morgan fingerprint density at radius 1 is 1.00 bits per heavy atom. The molecule has 2 N–H and O–H groups in total. The maximum absolute atomic E-state index is 13.1. The number of ether oxygens (including phenoxy) is 1. The zero-order chi connectivity index (χ0) is 27.8. The van der Waals surface area contributed by atoms with Gasteiger partial charge in [0, 0.05) is 23.9 Å². The first-order valence-corrected chi connectivity index (χ1v) is 12.8. The number of fused-ring (bicyclic) bond motifs is 1. The van der Waals surface area contributed by atoms with Crippen molar-refractivity contribution in [3.63, 3.8) is 0 Å². The molecule has 1 atom stereocenters. The number of aryl methyl sites for hydroxylation is 1. The summed E-state index contributed by atoms with van der Waals surface area (Å²) in [7, 11) is 0. The van der Waals surface area contributed by atoms with Gasteiger partial charge in [0.25, 0.3) is 0 Å². The van der Waals surface area contributed by atoms with Crippen molar-refractivity contribution < 1.29 is 22.7 Å². The van der Waals surface area contributed by atoms with Crippen molar-refractivity contribution >= 4 is 11.6 Å². The van der Waals surface area contributed by atoms with Crippen molar-refractivity contribution in [3.05, 3.63) is 89.4 Å². The van der Waals surface area contributed by atoms with Crippen LogP contribution in [0.2, 0.25) is 0 Å². The van der Waals surface area contributed by atoms with Gasteiger partial charge in [0.1, 0.15) is 22.9 Å². The molecule has 0 saturated carbocycles. The molecule has 1 amide bonds. The van der Waals surface area contributed by atoms with Gasteiger partial charge in [-0.2, -0.15) is 13.2 Å². The fourth-order valence-corrected chi connectivity index (χ4v) is 4.66. The second-order valence-corrected chi connectivity index (χ2v) is 10.8. The highest BCUT2D eigenvalue weighted by atomic mass is 19.4. The van der Waals surface area contributed by atoms with Crippen LogP contribution in [0, 0.1) is 5.92 Å². The van der Waals surface area contributed by atoms with Gasteiger partial charge in [-0.3, -0.25) is 9.78 Å². The third-order valence-electron chi connectivity index (χ3n) is 6.86. The van der Waals surface area contributed by atoms with Crippen molar-refractivity contribution in [2.24, 2.45) is 5.92 Å². The van der Waals surface area contributed by atoms with E-state index in [4.69, 9.17) is 4.74 Å². The predicted octanol–water partition coefficient (Wildman–Crippen LogP) is 7.32. The molecular weight excluding hydrogens is 505 g/mol. The van der Waals surface area contributed by atoms with E-state index in [-0.39, 0.29) is 28.8 Å². The van der Waals surface area contributed by atoms with E-state index in [0.717, 1.165) is 35.9 Å². The Labute approximate surface area is 224 Å². The molecule has 0 radical (unpaired) electrons. The molecule has 2 aromatic heterocycles. The lowest BCUT2D eigenvalue weighted by Crippen LogP contribution is -2.28. The lowest BCUT2D eigenvalue weighted by atomic mass is 9.83. The van der Waals surface area contributed by atoms with E-state index >= 15 is 0 Å². The van der Waals surface area contributed by atoms with Crippen LogP contribution in [-0.4, -0.2) is 20.9 Å². The lowest BCUT2D eigenvalue weighted by Gasteiger charge is -2.25. The maximum Gasteiger partial charge on any atom is 0.432 e. The molecule has 0 fully saturated rings. The fourth-order valence-electron chi connectivity index (χ4n) is 4.66. The van der Waals surface area contributed by atoms with Gasteiger partial charge < -0.3 is 15.0 Å². The molecule has 202 valence electrons. The summed E-state index contributed by atoms with van der Waals surface area (Å²) in [4.78, 5) is 23.3. The largest absolute Gasteiger partial charge is 0.457 e. The van der Waals surface area contributed by atoms with Crippen molar-refractivity contribution in [3.8, 4) is 23.0 Å². The summed E-state index contributed by atoms with van der Waals surface area (Å²) < 4.78 is 44.8. The molecule has 0 saturated heterocycles. The van der Waals surface area contributed by atoms with Crippen LogP contribution in [0.5, 0.6) is 11.5 Å². The van der Waals surface area contributed by atoms with E-state index in [1.807, 2.05) is 36.4 Å². The van der Waals surface area contributed by atoms with Gasteiger partial charge in [0.15, 0.2) is 5.82 Å². The zero-order valence-corrected chi connectivity index (χ0v) is 21.9. The van der Waals surface area contributed by atoms with E-state index in [1.54, 1.807) is 6.07 Å². The zero-order valence-electron chi connectivity index (χ0n) is 21.9. The quantitative estimate of drug-likeness (QED) is 0.281. The number of alkyl halides is 3. The highest BCUT2D eigenvalue weighted by molar-refractivity contribution is 5.93. The van der Waals surface area contributed by atoms with Crippen LogP contribution in [0.3, 0.4) is 0 Å². The number of hydrogen-bond donors (Lipinski definition) is 2. The number of nitrogens with one attached hydrogen (secondary N) is 2. The number of aromatic amines is 1. The van der Waals surface area contributed by atoms with E-state index < -0.39 is 11.9 Å². The number of nitrogens with zero attached hydrogens (tertiary/aromatic N) is 2. The molecule has 1 aliphatic carbocycles. The number of benzene rings is 2. The summed E-state index contributed by atoms with van der Waals surface area (Å²) in [6.07, 6.45) is -0.195. The highest BCUT2D eigenvalue weighted by Crippen LogP contribution is 2.33. The SMILES string of the molecule is CC(C)(C)c1cccc(NC(=O)C2CCc3ccc(Oc4ccnc(-c5ncc(C(F)(F)F)[nH]5)c4)cc3C2)c1. The summed E-state index contributed by atoms with van der Waals surface area (Å²) in [6.45, 7) is 6.41. The Kier molecular flexibility index (Phi) is 6.92. The number of rotatable bonds is 5. The van der Waals surface area contributed by atoms with Crippen LogP contribution in [0.1, 0.15) is 49.6 Å².